The predicted octanol–water partition coefficient (Wildman–Crippen LogP) is 4.44. The maximum atomic E-state index is 13.6. The van der Waals surface area contributed by atoms with Crippen molar-refractivity contribution in [3.05, 3.63) is 64.2 Å². The summed E-state index contributed by atoms with van der Waals surface area (Å²) in [7, 11) is 0. The molecule has 0 unspecified atom stereocenters. The number of hydrogen-bond acceptors (Lipinski definition) is 4. The Kier molecular flexibility index (Phi) is 7.89. The van der Waals surface area contributed by atoms with Gasteiger partial charge in [-0.2, -0.15) is 13.2 Å². The monoisotopic (exact) mass is 430 g/mol. The van der Waals surface area contributed by atoms with E-state index in [0.29, 0.717) is 17.0 Å². The lowest BCUT2D eigenvalue weighted by molar-refractivity contribution is -0.138. The zero-order chi connectivity index (χ0) is 21.6. The number of carboxylic acids is 1. The second-order valence-corrected chi connectivity index (χ2v) is 6.94. The van der Waals surface area contributed by atoms with E-state index in [2.05, 4.69) is 5.43 Å². The summed E-state index contributed by atoms with van der Waals surface area (Å²) >= 11 is 5.91. The largest absolute Gasteiger partial charge is 0.481 e. The summed E-state index contributed by atoms with van der Waals surface area (Å²) in [6.07, 6.45) is -5.59. The number of carboxylic acid groups (broad SMARTS) is 1. The van der Waals surface area contributed by atoms with Gasteiger partial charge in [0, 0.05) is 18.1 Å². The van der Waals surface area contributed by atoms with Crippen molar-refractivity contribution < 1.29 is 28.2 Å². The van der Waals surface area contributed by atoms with Crippen molar-refractivity contribution in [2.45, 2.75) is 32.0 Å². The van der Waals surface area contributed by atoms with Crippen LogP contribution in [0.5, 0.6) is 0 Å². The van der Waals surface area contributed by atoms with E-state index >= 15 is 0 Å². The smallest absolute Gasteiger partial charge is 0.418 e. The molecule has 158 valence electrons. The van der Waals surface area contributed by atoms with E-state index in [0.717, 1.165) is 6.07 Å². The van der Waals surface area contributed by atoms with Gasteiger partial charge in [-0.25, -0.2) is 5.43 Å². The van der Waals surface area contributed by atoms with Crippen molar-refractivity contribution in [3.63, 3.8) is 0 Å². The molecule has 3 N–H and O–H groups in total. The van der Waals surface area contributed by atoms with Crippen molar-refractivity contribution in [1.29, 1.82) is 0 Å². The Bertz CT molecular complexity index is 846. The number of aliphatic hydroxyl groups excluding tert-OH is 1. The van der Waals surface area contributed by atoms with E-state index in [9.17, 15) is 23.1 Å². The molecule has 0 spiro atoms. The van der Waals surface area contributed by atoms with Crippen LogP contribution in [-0.2, 0) is 17.4 Å². The third kappa shape index (κ3) is 6.62. The lowest BCUT2D eigenvalue weighted by Crippen LogP contribution is -2.42. The second-order valence-electron chi connectivity index (χ2n) is 6.50. The average Bonchev–Trinajstić information content (AvgIpc) is 2.64. The molecule has 5 nitrogen and oxygen atoms in total. The zero-order valence-corrected chi connectivity index (χ0v) is 16.5. The molecule has 0 bridgehead atoms. The number of benzene rings is 2. The number of hydrogen-bond donors (Lipinski definition) is 3. The Morgan fingerprint density at radius 1 is 1.24 bits per heavy atom. The molecule has 0 heterocycles. The molecule has 0 radical (unpaired) electrons. The summed E-state index contributed by atoms with van der Waals surface area (Å²) in [5, 5.41) is 21.0. The molecule has 0 aliphatic carbocycles. The minimum absolute atomic E-state index is 0.0332. The summed E-state index contributed by atoms with van der Waals surface area (Å²) in [6.45, 7) is 2.03. The molecule has 2 aromatic carbocycles. The molecular weight excluding hydrogens is 409 g/mol. The molecule has 0 aliphatic rings. The fourth-order valence-corrected chi connectivity index (χ4v) is 3.07. The predicted molar refractivity (Wildman–Crippen MR) is 105 cm³/mol. The van der Waals surface area contributed by atoms with Crippen LogP contribution in [0.1, 0.15) is 36.1 Å². The minimum atomic E-state index is -4.66. The lowest BCUT2D eigenvalue weighted by atomic mass is 10.0. The number of aliphatic hydroxyl groups is 1. The molecule has 9 heteroatoms. The number of rotatable bonds is 9. The highest BCUT2D eigenvalue weighted by Crippen LogP contribution is 2.37. The van der Waals surface area contributed by atoms with Gasteiger partial charge in [-0.3, -0.25) is 4.79 Å². The molecule has 29 heavy (non-hydrogen) atoms. The van der Waals surface area contributed by atoms with E-state index in [4.69, 9.17) is 16.7 Å². The summed E-state index contributed by atoms with van der Waals surface area (Å²) in [4.78, 5) is 10.8. The molecule has 0 saturated heterocycles. The van der Waals surface area contributed by atoms with Crippen LogP contribution in [0.25, 0.3) is 0 Å². The van der Waals surface area contributed by atoms with Crippen LogP contribution in [0.3, 0.4) is 0 Å². The highest BCUT2D eigenvalue weighted by atomic mass is 35.5. The summed E-state index contributed by atoms with van der Waals surface area (Å²) in [5.41, 5.74) is 2.38. The molecule has 0 saturated carbocycles. The molecule has 0 amide bonds. The van der Waals surface area contributed by atoms with E-state index in [-0.39, 0.29) is 24.3 Å². The van der Waals surface area contributed by atoms with Crippen molar-refractivity contribution >= 4 is 23.3 Å². The number of nitrogens with one attached hydrogen (secondary N) is 1. The molecule has 0 fully saturated rings. The van der Waals surface area contributed by atoms with Crippen molar-refractivity contribution in [3.8, 4) is 0 Å². The third-order valence-electron chi connectivity index (χ3n) is 4.17. The number of carbonyl (C=O) groups is 1. The lowest BCUT2D eigenvalue weighted by Gasteiger charge is -2.29. The van der Waals surface area contributed by atoms with E-state index in [1.54, 1.807) is 24.3 Å². The minimum Gasteiger partial charge on any atom is -0.481 e. The van der Waals surface area contributed by atoms with Crippen LogP contribution in [0.2, 0.25) is 5.02 Å². The Balaban J connectivity index is 2.27. The van der Waals surface area contributed by atoms with Crippen LogP contribution >= 0.6 is 11.6 Å². The fourth-order valence-electron chi connectivity index (χ4n) is 2.87. The van der Waals surface area contributed by atoms with Gasteiger partial charge in [0.25, 0.3) is 0 Å². The van der Waals surface area contributed by atoms with Crippen LogP contribution in [0.15, 0.2) is 42.5 Å². The number of hydrazine groups is 1. The van der Waals surface area contributed by atoms with Gasteiger partial charge in [-0.1, -0.05) is 36.7 Å². The van der Waals surface area contributed by atoms with Gasteiger partial charge in [0.2, 0.25) is 0 Å². The van der Waals surface area contributed by atoms with Gasteiger partial charge in [0.1, 0.15) is 0 Å². The number of alkyl halides is 3. The van der Waals surface area contributed by atoms with Gasteiger partial charge < -0.3 is 15.2 Å². The summed E-state index contributed by atoms with van der Waals surface area (Å²) in [6, 6.07) is 10.0. The van der Waals surface area contributed by atoms with E-state index in [1.807, 2.05) is 6.92 Å². The molecule has 2 aromatic rings. The van der Waals surface area contributed by atoms with Gasteiger partial charge in [0.15, 0.2) is 0 Å². The normalized spacial score (nSPS) is 12.6. The molecule has 1 atom stereocenters. The van der Waals surface area contributed by atoms with Gasteiger partial charge in [-0.15, -0.1) is 0 Å². The maximum Gasteiger partial charge on any atom is 0.418 e. The highest BCUT2D eigenvalue weighted by Gasteiger charge is 2.35. The average molecular weight is 431 g/mol. The molecule has 0 aromatic heterocycles. The number of anilines is 1. The van der Waals surface area contributed by atoms with Crippen molar-refractivity contribution in [2.24, 2.45) is 0 Å². The standard InChI is InChI=1S/C20H22ClF3N2O3/c1-2-8-26(25-12-18(27)14-4-3-5-15(21)11-14)17-7-6-13(10-19(28)29)9-16(17)20(22,23)24/h3-7,9,11,18,25,27H,2,8,10,12H2,1H3,(H,28,29)/t18-/m0/s1. The third-order valence-corrected chi connectivity index (χ3v) is 4.40. The van der Waals surface area contributed by atoms with Crippen LogP contribution in [0.4, 0.5) is 18.9 Å². The number of halogens is 4. The van der Waals surface area contributed by atoms with Crippen LogP contribution < -0.4 is 10.4 Å². The molecule has 0 aliphatic heterocycles. The van der Waals surface area contributed by atoms with Crippen molar-refractivity contribution in [2.75, 3.05) is 18.1 Å². The summed E-state index contributed by atoms with van der Waals surface area (Å²) < 4.78 is 40.8. The Morgan fingerprint density at radius 3 is 2.55 bits per heavy atom. The van der Waals surface area contributed by atoms with Gasteiger partial charge >= 0.3 is 12.1 Å². The zero-order valence-electron chi connectivity index (χ0n) is 15.7. The van der Waals surface area contributed by atoms with Gasteiger partial charge in [-0.05, 0) is 41.8 Å². The Labute approximate surface area is 171 Å². The first-order valence-electron chi connectivity index (χ1n) is 8.98. The second kappa shape index (κ2) is 9.96. The Hall–Kier alpha value is -2.29. The number of nitrogens with zero attached hydrogens (tertiary/aromatic N) is 1. The quantitative estimate of drug-likeness (QED) is 0.513. The van der Waals surface area contributed by atoms with Crippen molar-refractivity contribution in [1.82, 2.24) is 5.43 Å². The summed E-state index contributed by atoms with van der Waals surface area (Å²) in [5.74, 6) is -1.21. The number of aliphatic carboxylic acids is 1. The molecule has 2 rings (SSSR count). The van der Waals surface area contributed by atoms with Crippen LogP contribution in [0, 0.1) is 0 Å². The maximum absolute atomic E-state index is 13.6. The molecular formula is C20H22ClF3N2O3. The highest BCUT2D eigenvalue weighted by molar-refractivity contribution is 6.30. The van der Waals surface area contributed by atoms with Crippen LogP contribution in [-0.4, -0.2) is 29.3 Å². The van der Waals surface area contributed by atoms with Gasteiger partial charge in [0.05, 0.1) is 23.8 Å². The first kappa shape index (κ1) is 23.0. The first-order valence-corrected chi connectivity index (χ1v) is 9.36. The fraction of sp³-hybridized carbons (Fsp3) is 0.350. The first-order chi connectivity index (χ1) is 13.6. The SMILES string of the molecule is CCCN(NC[C@H](O)c1cccc(Cl)c1)c1ccc(CC(=O)O)cc1C(F)(F)F. The van der Waals surface area contributed by atoms with E-state index < -0.39 is 30.2 Å². The topological polar surface area (TPSA) is 72.8 Å². The van der Waals surface area contributed by atoms with E-state index in [1.165, 1.54) is 17.1 Å². The Morgan fingerprint density at radius 2 is 1.97 bits per heavy atom.